The number of hydrogen-bond acceptors (Lipinski definition) is 3. The molecule has 23 heavy (non-hydrogen) atoms. The second-order valence-electron chi connectivity index (χ2n) is 5.54. The van der Waals surface area contributed by atoms with Crippen LogP contribution >= 0.6 is 0 Å². The molecular formula is C19H23NO3. The van der Waals surface area contributed by atoms with E-state index in [1.165, 1.54) is 5.56 Å². The number of para-hydroxylation sites is 1. The van der Waals surface area contributed by atoms with Crippen LogP contribution in [-0.2, 0) is 11.2 Å². The fourth-order valence-corrected chi connectivity index (χ4v) is 2.33. The van der Waals surface area contributed by atoms with E-state index in [4.69, 9.17) is 9.84 Å². The lowest BCUT2D eigenvalue weighted by Gasteiger charge is -2.14. The van der Waals surface area contributed by atoms with E-state index in [0.717, 1.165) is 17.7 Å². The summed E-state index contributed by atoms with van der Waals surface area (Å²) in [5.41, 5.74) is 2.25. The summed E-state index contributed by atoms with van der Waals surface area (Å²) in [6, 6.07) is 17.8. The summed E-state index contributed by atoms with van der Waals surface area (Å²) < 4.78 is 5.68. The smallest absolute Gasteiger partial charge is 0.258 e. The molecule has 2 aromatic carbocycles. The lowest BCUT2D eigenvalue weighted by Crippen LogP contribution is -2.36. The Labute approximate surface area is 137 Å². The number of carbonyl (C=O) groups is 1. The van der Waals surface area contributed by atoms with Crippen molar-refractivity contribution in [3.05, 3.63) is 65.7 Å². The molecule has 0 saturated carbocycles. The van der Waals surface area contributed by atoms with Gasteiger partial charge in [0.15, 0.2) is 6.61 Å². The zero-order valence-electron chi connectivity index (χ0n) is 13.4. The number of nitrogens with one attached hydrogen (secondary N) is 1. The van der Waals surface area contributed by atoms with Crippen molar-refractivity contribution >= 4 is 5.91 Å². The molecule has 122 valence electrons. The fraction of sp³-hybridized carbons (Fsp3) is 0.316. The van der Waals surface area contributed by atoms with Gasteiger partial charge in [-0.25, -0.2) is 0 Å². The summed E-state index contributed by atoms with van der Waals surface area (Å²) in [6.45, 7) is 1.89. The molecule has 0 radical (unpaired) electrons. The van der Waals surface area contributed by atoms with Crippen LogP contribution in [-0.4, -0.2) is 30.3 Å². The quantitative estimate of drug-likeness (QED) is 0.787. The minimum Gasteiger partial charge on any atom is -0.483 e. The first-order valence-electron chi connectivity index (χ1n) is 7.84. The van der Waals surface area contributed by atoms with E-state index < -0.39 is 0 Å². The summed E-state index contributed by atoms with van der Waals surface area (Å²) in [6.07, 6.45) is 1.30. The Bertz CT molecular complexity index is 613. The number of ether oxygens (including phenoxy) is 1. The maximum atomic E-state index is 11.9. The minimum absolute atomic E-state index is 0.0262. The molecule has 0 spiro atoms. The zero-order chi connectivity index (χ0) is 16.5. The summed E-state index contributed by atoms with van der Waals surface area (Å²) in [4.78, 5) is 11.9. The lowest BCUT2D eigenvalue weighted by atomic mass is 10.0. The summed E-state index contributed by atoms with van der Waals surface area (Å²) in [7, 11) is 0. The number of hydrogen-bond donors (Lipinski definition) is 2. The Morgan fingerprint density at radius 3 is 2.57 bits per heavy atom. The first-order chi connectivity index (χ1) is 11.2. The molecule has 2 rings (SSSR count). The standard InChI is InChI=1S/C19H23NO3/c1-15(11-12-21)20-19(22)14-23-18-10-6-5-9-17(18)13-16-7-3-2-4-8-16/h2-10,15,21H,11-14H2,1H3,(H,20,22)/t15-/m1/s1. The maximum absolute atomic E-state index is 11.9. The van der Waals surface area contributed by atoms with Gasteiger partial charge in [0.25, 0.3) is 5.91 Å². The van der Waals surface area contributed by atoms with Crippen molar-refractivity contribution in [1.82, 2.24) is 5.32 Å². The van der Waals surface area contributed by atoms with Gasteiger partial charge in [-0.15, -0.1) is 0 Å². The van der Waals surface area contributed by atoms with E-state index in [1.807, 2.05) is 49.4 Å². The monoisotopic (exact) mass is 313 g/mol. The number of aliphatic hydroxyl groups excluding tert-OH is 1. The Morgan fingerprint density at radius 2 is 1.83 bits per heavy atom. The van der Waals surface area contributed by atoms with Crippen molar-refractivity contribution in [3.8, 4) is 5.75 Å². The molecule has 2 aromatic rings. The molecule has 4 nitrogen and oxygen atoms in total. The third kappa shape index (κ3) is 5.75. The van der Waals surface area contributed by atoms with Gasteiger partial charge in [-0.2, -0.15) is 0 Å². The molecular weight excluding hydrogens is 290 g/mol. The van der Waals surface area contributed by atoms with Gasteiger partial charge in [0.1, 0.15) is 5.75 Å². The van der Waals surface area contributed by atoms with Gasteiger partial charge in [-0.1, -0.05) is 48.5 Å². The molecule has 2 N–H and O–H groups in total. The van der Waals surface area contributed by atoms with Crippen LogP contribution in [0.25, 0.3) is 0 Å². The number of amides is 1. The second kappa shape index (κ2) is 8.96. The molecule has 0 aliphatic rings. The van der Waals surface area contributed by atoms with E-state index in [2.05, 4.69) is 17.4 Å². The molecule has 0 aliphatic carbocycles. The molecule has 0 aromatic heterocycles. The Hall–Kier alpha value is -2.33. The van der Waals surface area contributed by atoms with E-state index in [1.54, 1.807) is 0 Å². The van der Waals surface area contributed by atoms with Crippen LogP contribution < -0.4 is 10.1 Å². The summed E-state index contributed by atoms with van der Waals surface area (Å²) in [5, 5.41) is 11.6. The predicted molar refractivity (Wildman–Crippen MR) is 90.5 cm³/mol. The largest absolute Gasteiger partial charge is 0.483 e. The molecule has 1 amide bonds. The number of benzene rings is 2. The molecule has 0 unspecified atom stereocenters. The van der Waals surface area contributed by atoms with E-state index in [0.29, 0.717) is 6.42 Å². The zero-order valence-corrected chi connectivity index (χ0v) is 13.4. The molecule has 0 bridgehead atoms. The van der Waals surface area contributed by atoms with Gasteiger partial charge in [-0.05, 0) is 30.5 Å². The van der Waals surface area contributed by atoms with Gasteiger partial charge in [0.05, 0.1) is 0 Å². The van der Waals surface area contributed by atoms with Crippen LogP contribution in [0.3, 0.4) is 0 Å². The third-order valence-electron chi connectivity index (χ3n) is 3.54. The third-order valence-corrected chi connectivity index (χ3v) is 3.54. The Kier molecular flexibility index (Phi) is 6.63. The van der Waals surface area contributed by atoms with Crippen LogP contribution in [0, 0.1) is 0 Å². The van der Waals surface area contributed by atoms with E-state index in [9.17, 15) is 4.79 Å². The van der Waals surface area contributed by atoms with E-state index in [-0.39, 0.29) is 25.2 Å². The topological polar surface area (TPSA) is 58.6 Å². The van der Waals surface area contributed by atoms with Crippen LogP contribution in [0.15, 0.2) is 54.6 Å². The predicted octanol–water partition coefficient (Wildman–Crippen LogP) is 2.54. The van der Waals surface area contributed by atoms with Gasteiger partial charge >= 0.3 is 0 Å². The second-order valence-corrected chi connectivity index (χ2v) is 5.54. The fourth-order valence-electron chi connectivity index (χ4n) is 2.33. The van der Waals surface area contributed by atoms with Crippen LogP contribution in [0.2, 0.25) is 0 Å². The lowest BCUT2D eigenvalue weighted by molar-refractivity contribution is -0.123. The minimum atomic E-state index is -0.180. The van der Waals surface area contributed by atoms with Crippen molar-refractivity contribution in [2.24, 2.45) is 0 Å². The van der Waals surface area contributed by atoms with Crippen molar-refractivity contribution < 1.29 is 14.6 Å². The molecule has 0 fully saturated rings. The maximum Gasteiger partial charge on any atom is 0.258 e. The summed E-state index contributed by atoms with van der Waals surface area (Å²) >= 11 is 0. The van der Waals surface area contributed by atoms with E-state index >= 15 is 0 Å². The van der Waals surface area contributed by atoms with Crippen LogP contribution in [0.5, 0.6) is 5.75 Å². The highest BCUT2D eigenvalue weighted by Gasteiger charge is 2.09. The first kappa shape index (κ1) is 17.0. The van der Waals surface area contributed by atoms with Crippen LogP contribution in [0.1, 0.15) is 24.5 Å². The van der Waals surface area contributed by atoms with Gasteiger partial charge in [0.2, 0.25) is 0 Å². The van der Waals surface area contributed by atoms with Crippen molar-refractivity contribution in [1.29, 1.82) is 0 Å². The molecule has 4 heteroatoms. The van der Waals surface area contributed by atoms with Crippen molar-refractivity contribution in [3.63, 3.8) is 0 Å². The van der Waals surface area contributed by atoms with Crippen molar-refractivity contribution in [2.75, 3.05) is 13.2 Å². The Balaban J connectivity index is 1.94. The van der Waals surface area contributed by atoms with Gasteiger partial charge in [0, 0.05) is 19.1 Å². The normalized spacial score (nSPS) is 11.7. The van der Waals surface area contributed by atoms with Gasteiger partial charge in [-0.3, -0.25) is 4.79 Å². The van der Waals surface area contributed by atoms with Crippen LogP contribution in [0.4, 0.5) is 0 Å². The molecule has 0 saturated heterocycles. The highest BCUT2D eigenvalue weighted by molar-refractivity contribution is 5.77. The number of carbonyl (C=O) groups excluding carboxylic acids is 1. The SMILES string of the molecule is C[C@H](CCO)NC(=O)COc1ccccc1Cc1ccccc1. The molecule has 0 heterocycles. The number of aliphatic hydroxyl groups is 1. The average Bonchev–Trinajstić information content (AvgIpc) is 2.55. The average molecular weight is 313 g/mol. The highest BCUT2D eigenvalue weighted by Crippen LogP contribution is 2.21. The molecule has 0 aliphatic heterocycles. The summed E-state index contributed by atoms with van der Waals surface area (Å²) in [5.74, 6) is 0.543. The Morgan fingerprint density at radius 1 is 1.13 bits per heavy atom. The van der Waals surface area contributed by atoms with Crippen molar-refractivity contribution in [2.45, 2.75) is 25.8 Å². The highest BCUT2D eigenvalue weighted by atomic mass is 16.5. The van der Waals surface area contributed by atoms with Gasteiger partial charge < -0.3 is 15.2 Å². The molecule has 1 atom stereocenters. The first-order valence-corrected chi connectivity index (χ1v) is 7.84. The number of rotatable bonds is 8.